The standard InChI is InChI=1S/C8H10O4S/c1-2-6-7(9)4-3-5-8(6)13(10,11)12/h3-5,9H,2H2,1H3,(H,10,11,12). The van der Waals surface area contributed by atoms with Gasteiger partial charge in [-0.15, -0.1) is 0 Å². The van der Waals surface area contributed by atoms with Crippen molar-refractivity contribution in [3.63, 3.8) is 0 Å². The van der Waals surface area contributed by atoms with Crippen molar-refractivity contribution in [3.05, 3.63) is 23.8 Å². The van der Waals surface area contributed by atoms with Gasteiger partial charge in [0.25, 0.3) is 10.1 Å². The molecule has 0 fully saturated rings. The summed E-state index contributed by atoms with van der Waals surface area (Å²) >= 11 is 0. The van der Waals surface area contributed by atoms with Crippen LogP contribution >= 0.6 is 0 Å². The molecule has 1 aromatic rings. The van der Waals surface area contributed by atoms with Crippen molar-refractivity contribution >= 4 is 10.1 Å². The Morgan fingerprint density at radius 3 is 2.38 bits per heavy atom. The zero-order chi connectivity index (χ0) is 10.1. The second-order valence-electron chi connectivity index (χ2n) is 2.58. The zero-order valence-corrected chi connectivity index (χ0v) is 7.87. The molecule has 1 rings (SSSR count). The molecule has 0 spiro atoms. The Kier molecular flexibility index (Phi) is 2.58. The van der Waals surface area contributed by atoms with Crippen LogP contribution in [0.4, 0.5) is 0 Å². The minimum atomic E-state index is -4.23. The second-order valence-corrected chi connectivity index (χ2v) is 3.97. The van der Waals surface area contributed by atoms with Gasteiger partial charge in [0, 0.05) is 5.56 Å². The lowest BCUT2D eigenvalue weighted by molar-refractivity contribution is 0.459. The Morgan fingerprint density at radius 2 is 2.00 bits per heavy atom. The summed E-state index contributed by atoms with van der Waals surface area (Å²) < 4.78 is 30.4. The largest absolute Gasteiger partial charge is 0.508 e. The van der Waals surface area contributed by atoms with E-state index in [9.17, 15) is 13.5 Å². The number of phenols is 1. The van der Waals surface area contributed by atoms with Crippen LogP contribution < -0.4 is 0 Å². The van der Waals surface area contributed by atoms with E-state index in [4.69, 9.17) is 4.55 Å². The Morgan fingerprint density at radius 1 is 1.38 bits per heavy atom. The highest BCUT2D eigenvalue weighted by atomic mass is 32.2. The fourth-order valence-electron chi connectivity index (χ4n) is 1.15. The van der Waals surface area contributed by atoms with Gasteiger partial charge in [-0.05, 0) is 18.6 Å². The highest BCUT2D eigenvalue weighted by molar-refractivity contribution is 7.85. The monoisotopic (exact) mass is 202 g/mol. The van der Waals surface area contributed by atoms with Crippen LogP contribution in [0, 0.1) is 0 Å². The highest BCUT2D eigenvalue weighted by Crippen LogP contribution is 2.24. The molecule has 0 radical (unpaired) electrons. The molecule has 0 saturated carbocycles. The topological polar surface area (TPSA) is 74.6 Å². The Balaban J connectivity index is 3.47. The van der Waals surface area contributed by atoms with Gasteiger partial charge in [0.15, 0.2) is 0 Å². The van der Waals surface area contributed by atoms with E-state index in [0.29, 0.717) is 6.42 Å². The maximum Gasteiger partial charge on any atom is 0.294 e. The van der Waals surface area contributed by atoms with E-state index >= 15 is 0 Å². The van der Waals surface area contributed by atoms with E-state index in [1.165, 1.54) is 18.2 Å². The Labute approximate surface area is 76.6 Å². The van der Waals surface area contributed by atoms with E-state index in [-0.39, 0.29) is 16.2 Å². The molecule has 0 aliphatic carbocycles. The van der Waals surface area contributed by atoms with Crippen LogP contribution in [0.1, 0.15) is 12.5 Å². The van der Waals surface area contributed by atoms with Crippen molar-refractivity contribution in [2.24, 2.45) is 0 Å². The van der Waals surface area contributed by atoms with Crippen LogP contribution in [0.15, 0.2) is 23.1 Å². The fraction of sp³-hybridized carbons (Fsp3) is 0.250. The van der Waals surface area contributed by atoms with Gasteiger partial charge in [-0.25, -0.2) is 0 Å². The lowest BCUT2D eigenvalue weighted by atomic mass is 10.1. The van der Waals surface area contributed by atoms with Gasteiger partial charge in [-0.3, -0.25) is 4.55 Å². The van der Waals surface area contributed by atoms with Crippen LogP contribution in [0.25, 0.3) is 0 Å². The van der Waals surface area contributed by atoms with Gasteiger partial charge in [0.05, 0.1) is 0 Å². The predicted octanol–water partition coefficient (Wildman–Crippen LogP) is 1.20. The molecular formula is C8H10O4S. The predicted molar refractivity (Wildman–Crippen MR) is 47.3 cm³/mol. The molecule has 0 aromatic heterocycles. The minimum absolute atomic E-state index is 0.113. The third-order valence-electron chi connectivity index (χ3n) is 1.74. The Bertz CT molecular complexity index is 408. The molecule has 0 unspecified atom stereocenters. The number of benzene rings is 1. The first-order chi connectivity index (χ1) is 5.96. The molecule has 1 aromatic carbocycles. The molecule has 0 atom stereocenters. The van der Waals surface area contributed by atoms with Crippen molar-refractivity contribution in [1.82, 2.24) is 0 Å². The quantitative estimate of drug-likeness (QED) is 0.707. The molecule has 5 heteroatoms. The highest BCUT2D eigenvalue weighted by Gasteiger charge is 2.16. The summed E-state index contributed by atoms with van der Waals surface area (Å²) in [4.78, 5) is -0.227. The first-order valence-corrected chi connectivity index (χ1v) is 5.19. The molecule has 0 aliphatic heterocycles. The third-order valence-corrected chi connectivity index (χ3v) is 2.68. The number of rotatable bonds is 2. The van der Waals surface area contributed by atoms with Crippen molar-refractivity contribution in [2.45, 2.75) is 18.2 Å². The maximum atomic E-state index is 10.8. The van der Waals surface area contributed by atoms with Gasteiger partial charge in [-0.2, -0.15) is 8.42 Å². The van der Waals surface area contributed by atoms with E-state index in [1.54, 1.807) is 6.92 Å². The smallest absolute Gasteiger partial charge is 0.294 e. The molecule has 4 nitrogen and oxygen atoms in total. The van der Waals surface area contributed by atoms with Gasteiger partial charge in [0.1, 0.15) is 10.6 Å². The van der Waals surface area contributed by atoms with E-state index in [0.717, 1.165) is 0 Å². The summed E-state index contributed by atoms with van der Waals surface area (Å²) in [6.07, 6.45) is 0.349. The van der Waals surface area contributed by atoms with Crippen molar-refractivity contribution in [2.75, 3.05) is 0 Å². The fourth-order valence-corrected chi connectivity index (χ4v) is 1.96. The molecule has 2 N–H and O–H groups in total. The molecule has 0 saturated heterocycles. The molecule has 72 valence electrons. The zero-order valence-electron chi connectivity index (χ0n) is 7.06. The summed E-state index contributed by atoms with van der Waals surface area (Å²) in [7, 11) is -4.23. The van der Waals surface area contributed by atoms with E-state index < -0.39 is 10.1 Å². The lowest BCUT2D eigenvalue weighted by Crippen LogP contribution is -2.02. The number of hydrogen-bond donors (Lipinski definition) is 2. The van der Waals surface area contributed by atoms with Crippen LogP contribution in [0.5, 0.6) is 5.75 Å². The van der Waals surface area contributed by atoms with Gasteiger partial charge in [-0.1, -0.05) is 13.0 Å². The van der Waals surface area contributed by atoms with Crippen LogP contribution in [-0.2, 0) is 16.5 Å². The molecular weight excluding hydrogens is 192 g/mol. The second kappa shape index (κ2) is 3.35. The number of phenolic OH excluding ortho intramolecular Hbond substituents is 1. The number of hydrogen-bond acceptors (Lipinski definition) is 3. The minimum Gasteiger partial charge on any atom is -0.508 e. The average molecular weight is 202 g/mol. The number of aromatic hydroxyl groups is 1. The Hall–Kier alpha value is -1.07. The first kappa shape index (κ1) is 10.0. The van der Waals surface area contributed by atoms with Crippen molar-refractivity contribution in [1.29, 1.82) is 0 Å². The van der Waals surface area contributed by atoms with Crippen LogP contribution in [-0.4, -0.2) is 18.1 Å². The summed E-state index contributed by atoms with van der Waals surface area (Å²) in [5.74, 6) is -0.113. The third kappa shape index (κ3) is 1.99. The van der Waals surface area contributed by atoms with Crippen LogP contribution in [0.2, 0.25) is 0 Å². The first-order valence-electron chi connectivity index (χ1n) is 3.75. The van der Waals surface area contributed by atoms with Crippen LogP contribution in [0.3, 0.4) is 0 Å². The molecule has 0 bridgehead atoms. The molecule has 0 heterocycles. The normalized spacial score (nSPS) is 11.5. The van der Waals surface area contributed by atoms with Crippen molar-refractivity contribution in [3.8, 4) is 5.75 Å². The van der Waals surface area contributed by atoms with Gasteiger partial charge >= 0.3 is 0 Å². The van der Waals surface area contributed by atoms with Gasteiger partial charge in [0.2, 0.25) is 0 Å². The van der Waals surface area contributed by atoms with E-state index in [1.807, 2.05) is 0 Å². The van der Waals surface area contributed by atoms with E-state index in [2.05, 4.69) is 0 Å². The molecule has 0 aliphatic rings. The summed E-state index contributed by atoms with van der Waals surface area (Å²) in [5, 5.41) is 9.28. The molecule has 0 amide bonds. The SMILES string of the molecule is CCc1c(O)cccc1S(=O)(=O)O. The molecule has 13 heavy (non-hydrogen) atoms. The maximum absolute atomic E-state index is 10.8. The van der Waals surface area contributed by atoms with Crippen molar-refractivity contribution < 1.29 is 18.1 Å². The average Bonchev–Trinajstić information content (AvgIpc) is 2.02. The summed E-state index contributed by atoms with van der Waals surface area (Å²) in [6, 6.07) is 4.01. The summed E-state index contributed by atoms with van der Waals surface area (Å²) in [6.45, 7) is 1.70. The lowest BCUT2D eigenvalue weighted by Gasteiger charge is -2.05. The van der Waals surface area contributed by atoms with Gasteiger partial charge < -0.3 is 5.11 Å². The summed E-state index contributed by atoms with van der Waals surface area (Å²) in [5.41, 5.74) is 0.241.